The van der Waals surface area contributed by atoms with Gasteiger partial charge in [0.15, 0.2) is 11.5 Å². The number of ether oxygens (including phenoxy) is 2. The normalized spacial score (nSPS) is 15.0. The number of piperidine rings is 1. The number of hydrogen-bond acceptors (Lipinski definition) is 4. The lowest BCUT2D eigenvalue weighted by atomic mass is 9.89. The van der Waals surface area contributed by atoms with Crippen molar-refractivity contribution in [3.63, 3.8) is 0 Å². The standard InChI is InChI=1S/C20H21F2NO4/c1-26-17-4-2-3-16(18(17)27-20(21)22)19(25)23-11-9-14(10-12-23)13-5-7-15(24)8-6-13/h2-8,14,20,24H,9-12H2,1H3. The first-order valence-electron chi connectivity index (χ1n) is 8.69. The molecule has 0 radical (unpaired) electrons. The van der Waals surface area contributed by atoms with Gasteiger partial charge in [-0.3, -0.25) is 4.79 Å². The third-order valence-electron chi connectivity index (χ3n) is 4.78. The van der Waals surface area contributed by atoms with Gasteiger partial charge in [-0.1, -0.05) is 18.2 Å². The largest absolute Gasteiger partial charge is 0.508 e. The minimum absolute atomic E-state index is 0.0673. The number of para-hydroxylation sites is 1. The Morgan fingerprint density at radius 2 is 1.81 bits per heavy atom. The van der Waals surface area contributed by atoms with Crippen LogP contribution in [0.4, 0.5) is 8.78 Å². The number of methoxy groups -OCH3 is 1. The molecule has 3 rings (SSSR count). The maximum atomic E-state index is 12.9. The van der Waals surface area contributed by atoms with Crippen LogP contribution in [0.5, 0.6) is 17.2 Å². The molecule has 1 aliphatic heterocycles. The Bertz CT molecular complexity index is 787. The average molecular weight is 377 g/mol. The van der Waals surface area contributed by atoms with Gasteiger partial charge in [0.1, 0.15) is 5.75 Å². The second-order valence-corrected chi connectivity index (χ2v) is 6.37. The summed E-state index contributed by atoms with van der Waals surface area (Å²) < 4.78 is 35.1. The highest BCUT2D eigenvalue weighted by Crippen LogP contribution is 2.35. The number of likely N-dealkylation sites (tertiary alicyclic amines) is 1. The summed E-state index contributed by atoms with van der Waals surface area (Å²) in [5.41, 5.74) is 1.18. The van der Waals surface area contributed by atoms with Crippen molar-refractivity contribution in [1.29, 1.82) is 0 Å². The predicted octanol–water partition coefficient (Wildman–Crippen LogP) is 4.02. The van der Waals surface area contributed by atoms with Gasteiger partial charge in [-0.2, -0.15) is 8.78 Å². The van der Waals surface area contributed by atoms with Crippen molar-refractivity contribution in [2.24, 2.45) is 0 Å². The summed E-state index contributed by atoms with van der Waals surface area (Å²) in [4.78, 5) is 14.5. The molecular formula is C20H21F2NO4. The molecule has 1 heterocycles. The Morgan fingerprint density at radius 1 is 1.15 bits per heavy atom. The summed E-state index contributed by atoms with van der Waals surface area (Å²) in [7, 11) is 1.34. The van der Waals surface area contributed by atoms with Crippen LogP contribution in [0, 0.1) is 0 Å². The first kappa shape index (κ1) is 18.9. The molecular weight excluding hydrogens is 356 g/mol. The van der Waals surface area contributed by atoms with Crippen LogP contribution in [0.15, 0.2) is 42.5 Å². The van der Waals surface area contributed by atoms with E-state index in [0.717, 1.165) is 18.4 Å². The minimum atomic E-state index is -3.05. The molecule has 1 aliphatic rings. The highest BCUT2D eigenvalue weighted by molar-refractivity contribution is 5.98. The van der Waals surface area contributed by atoms with E-state index >= 15 is 0 Å². The number of rotatable bonds is 5. The van der Waals surface area contributed by atoms with Gasteiger partial charge >= 0.3 is 6.61 Å². The number of carbonyl (C=O) groups is 1. The van der Waals surface area contributed by atoms with Gasteiger partial charge in [0, 0.05) is 13.1 Å². The topological polar surface area (TPSA) is 59.0 Å². The molecule has 144 valence electrons. The highest BCUT2D eigenvalue weighted by atomic mass is 19.3. The first-order chi connectivity index (χ1) is 13.0. The lowest BCUT2D eigenvalue weighted by Crippen LogP contribution is -2.38. The molecule has 0 aromatic heterocycles. The van der Waals surface area contributed by atoms with Crippen LogP contribution in [0.3, 0.4) is 0 Å². The molecule has 2 aromatic rings. The minimum Gasteiger partial charge on any atom is -0.508 e. The molecule has 1 fully saturated rings. The number of aromatic hydroxyl groups is 1. The first-order valence-corrected chi connectivity index (χ1v) is 8.69. The SMILES string of the molecule is COc1cccc(C(=O)N2CCC(c3ccc(O)cc3)CC2)c1OC(F)F. The number of carbonyl (C=O) groups excluding carboxylic acids is 1. The molecule has 0 unspecified atom stereocenters. The van der Waals surface area contributed by atoms with E-state index in [0.29, 0.717) is 13.1 Å². The van der Waals surface area contributed by atoms with E-state index in [4.69, 9.17) is 4.74 Å². The summed E-state index contributed by atoms with van der Waals surface area (Å²) in [5.74, 6) is 0.0159. The molecule has 1 N–H and O–H groups in total. The molecule has 5 nitrogen and oxygen atoms in total. The van der Waals surface area contributed by atoms with Crippen molar-refractivity contribution >= 4 is 5.91 Å². The molecule has 0 atom stereocenters. The summed E-state index contributed by atoms with van der Waals surface area (Å²) in [6.45, 7) is -2.03. The number of nitrogens with zero attached hydrogens (tertiary/aromatic N) is 1. The molecule has 0 bridgehead atoms. The zero-order valence-electron chi connectivity index (χ0n) is 14.9. The number of phenols is 1. The van der Waals surface area contributed by atoms with E-state index in [2.05, 4.69) is 4.74 Å². The van der Waals surface area contributed by atoms with Gasteiger partial charge in [-0.15, -0.1) is 0 Å². The third kappa shape index (κ3) is 4.30. The number of benzene rings is 2. The molecule has 1 saturated heterocycles. The van der Waals surface area contributed by atoms with Crippen LogP contribution in [0.2, 0.25) is 0 Å². The molecule has 0 aliphatic carbocycles. The number of hydrogen-bond donors (Lipinski definition) is 1. The zero-order chi connectivity index (χ0) is 19.4. The summed E-state index contributed by atoms with van der Waals surface area (Å²) in [6, 6.07) is 11.6. The van der Waals surface area contributed by atoms with E-state index in [-0.39, 0.29) is 34.6 Å². The summed E-state index contributed by atoms with van der Waals surface area (Å²) in [6.07, 6.45) is 1.51. The lowest BCUT2D eigenvalue weighted by Gasteiger charge is -2.32. The third-order valence-corrected chi connectivity index (χ3v) is 4.78. The maximum absolute atomic E-state index is 12.9. The van der Waals surface area contributed by atoms with Crippen LogP contribution >= 0.6 is 0 Å². The van der Waals surface area contributed by atoms with Crippen LogP contribution in [-0.2, 0) is 0 Å². The Balaban J connectivity index is 1.73. The van der Waals surface area contributed by atoms with E-state index in [9.17, 15) is 18.7 Å². The number of halogens is 2. The van der Waals surface area contributed by atoms with E-state index < -0.39 is 6.61 Å². The quantitative estimate of drug-likeness (QED) is 0.855. The van der Waals surface area contributed by atoms with Gasteiger partial charge in [0.2, 0.25) is 0 Å². The van der Waals surface area contributed by atoms with Crippen LogP contribution < -0.4 is 9.47 Å². The average Bonchev–Trinajstić information content (AvgIpc) is 2.68. The highest BCUT2D eigenvalue weighted by Gasteiger charge is 2.28. The monoisotopic (exact) mass is 377 g/mol. The number of phenolic OH excluding ortho intramolecular Hbond substituents is 1. The Morgan fingerprint density at radius 3 is 2.41 bits per heavy atom. The van der Waals surface area contributed by atoms with Crippen molar-refractivity contribution < 1.29 is 28.2 Å². The van der Waals surface area contributed by atoms with E-state index in [1.165, 1.54) is 19.2 Å². The zero-order valence-corrected chi connectivity index (χ0v) is 14.9. The summed E-state index contributed by atoms with van der Waals surface area (Å²) >= 11 is 0. The van der Waals surface area contributed by atoms with Crippen LogP contribution in [0.25, 0.3) is 0 Å². The van der Waals surface area contributed by atoms with Gasteiger partial charge < -0.3 is 19.5 Å². The molecule has 27 heavy (non-hydrogen) atoms. The van der Waals surface area contributed by atoms with Gasteiger partial charge in [-0.05, 0) is 48.6 Å². The second kappa shape index (κ2) is 8.24. The fourth-order valence-corrected chi connectivity index (χ4v) is 3.39. The smallest absolute Gasteiger partial charge is 0.387 e. The Labute approximate surface area is 156 Å². The van der Waals surface area contributed by atoms with Gasteiger partial charge in [-0.25, -0.2) is 0 Å². The second-order valence-electron chi connectivity index (χ2n) is 6.37. The summed E-state index contributed by atoms with van der Waals surface area (Å²) in [5, 5.41) is 9.40. The van der Waals surface area contributed by atoms with Gasteiger partial charge in [0.05, 0.1) is 12.7 Å². The fraction of sp³-hybridized carbons (Fsp3) is 0.350. The lowest BCUT2D eigenvalue weighted by molar-refractivity contribution is -0.0516. The van der Waals surface area contributed by atoms with Crippen molar-refractivity contribution in [1.82, 2.24) is 4.90 Å². The Kier molecular flexibility index (Phi) is 5.78. The molecule has 1 amide bonds. The van der Waals surface area contributed by atoms with Crippen molar-refractivity contribution in [3.8, 4) is 17.2 Å². The molecule has 7 heteroatoms. The maximum Gasteiger partial charge on any atom is 0.387 e. The van der Waals surface area contributed by atoms with Crippen molar-refractivity contribution in [3.05, 3.63) is 53.6 Å². The predicted molar refractivity (Wildman–Crippen MR) is 95.6 cm³/mol. The molecule has 0 spiro atoms. The van der Waals surface area contributed by atoms with E-state index in [1.54, 1.807) is 23.1 Å². The van der Waals surface area contributed by atoms with Crippen LogP contribution in [0.1, 0.15) is 34.7 Å². The molecule has 2 aromatic carbocycles. The van der Waals surface area contributed by atoms with Gasteiger partial charge in [0.25, 0.3) is 5.91 Å². The number of alkyl halides is 2. The van der Waals surface area contributed by atoms with E-state index in [1.807, 2.05) is 12.1 Å². The van der Waals surface area contributed by atoms with Crippen molar-refractivity contribution in [2.75, 3.05) is 20.2 Å². The Hall–Kier alpha value is -2.83. The fourth-order valence-electron chi connectivity index (χ4n) is 3.39. The number of amides is 1. The molecule has 0 saturated carbocycles. The van der Waals surface area contributed by atoms with Crippen LogP contribution in [-0.4, -0.2) is 42.7 Å². The van der Waals surface area contributed by atoms with Crippen molar-refractivity contribution in [2.45, 2.75) is 25.4 Å².